The maximum atomic E-state index is 6.69. The lowest BCUT2D eigenvalue weighted by molar-refractivity contribution is 0.171. The summed E-state index contributed by atoms with van der Waals surface area (Å²) in [5.41, 5.74) is 4.00. The van der Waals surface area contributed by atoms with Gasteiger partial charge in [-0.3, -0.25) is 4.40 Å². The van der Waals surface area contributed by atoms with Gasteiger partial charge >= 0.3 is 0 Å². The number of nitrogens with zero attached hydrogens (tertiary/aromatic N) is 2. The third-order valence-corrected chi connectivity index (χ3v) is 5.84. The van der Waals surface area contributed by atoms with Crippen molar-refractivity contribution in [1.82, 2.24) is 9.38 Å². The Kier molecular flexibility index (Phi) is 5.04. The molecule has 0 atom stereocenters. The molecule has 0 spiro atoms. The topological polar surface area (TPSA) is 57.0 Å². The number of halogens is 2. The number of aryl methyl sites for hydroxylation is 1. The third kappa shape index (κ3) is 3.42. The van der Waals surface area contributed by atoms with E-state index < -0.39 is 0 Å². The number of pyridine rings is 1. The van der Waals surface area contributed by atoms with Crippen LogP contribution in [0.15, 0.2) is 48.5 Å². The van der Waals surface area contributed by atoms with Gasteiger partial charge in [-0.2, -0.15) is 0 Å². The molecule has 0 bridgehead atoms. The first-order valence-electron chi connectivity index (χ1n) is 9.74. The third-order valence-electron chi connectivity index (χ3n) is 5.17. The van der Waals surface area contributed by atoms with Crippen LogP contribution in [0.4, 0.5) is 11.5 Å². The fourth-order valence-electron chi connectivity index (χ4n) is 3.71. The van der Waals surface area contributed by atoms with Crippen LogP contribution in [0.2, 0.25) is 10.2 Å². The number of aromatic nitrogens is 2. The van der Waals surface area contributed by atoms with Gasteiger partial charge in [-0.25, -0.2) is 4.98 Å². The van der Waals surface area contributed by atoms with E-state index in [-0.39, 0.29) is 0 Å². The fraction of sp³-hybridized carbons (Fsp3) is 0.174. The van der Waals surface area contributed by atoms with E-state index in [4.69, 9.17) is 42.4 Å². The summed E-state index contributed by atoms with van der Waals surface area (Å²) in [5, 5.41) is 4.47. The minimum Gasteiger partial charge on any atom is -0.494 e. The van der Waals surface area contributed by atoms with Crippen molar-refractivity contribution in [2.75, 3.05) is 25.6 Å². The van der Waals surface area contributed by atoms with Crippen LogP contribution in [0.25, 0.3) is 16.9 Å². The van der Waals surface area contributed by atoms with Gasteiger partial charge in [0.05, 0.1) is 12.1 Å². The molecule has 6 nitrogen and oxygen atoms in total. The number of ether oxygens (including phenoxy) is 3. The Morgan fingerprint density at radius 1 is 1.03 bits per heavy atom. The predicted octanol–water partition coefficient (Wildman–Crippen LogP) is 6.14. The second-order valence-corrected chi connectivity index (χ2v) is 7.88. The van der Waals surface area contributed by atoms with E-state index >= 15 is 0 Å². The Bertz CT molecular complexity index is 1280. The zero-order chi connectivity index (χ0) is 21.5. The molecule has 2 aromatic heterocycles. The van der Waals surface area contributed by atoms with Gasteiger partial charge in [-0.15, -0.1) is 0 Å². The maximum Gasteiger partial charge on any atom is 0.163 e. The molecule has 0 saturated carbocycles. The molecule has 2 aromatic carbocycles. The highest BCUT2D eigenvalue weighted by Crippen LogP contribution is 2.41. The monoisotopic (exact) mass is 455 g/mol. The summed E-state index contributed by atoms with van der Waals surface area (Å²) in [5.74, 6) is 2.62. The molecule has 0 unspecified atom stereocenters. The molecule has 5 rings (SSSR count). The Balaban J connectivity index is 1.73. The fourth-order valence-corrected chi connectivity index (χ4v) is 4.33. The van der Waals surface area contributed by atoms with Crippen LogP contribution >= 0.6 is 23.2 Å². The predicted molar refractivity (Wildman–Crippen MR) is 123 cm³/mol. The lowest BCUT2D eigenvalue weighted by Gasteiger charge is -2.19. The second kappa shape index (κ2) is 7.87. The largest absolute Gasteiger partial charge is 0.494 e. The van der Waals surface area contributed by atoms with Crippen LogP contribution < -0.4 is 19.5 Å². The normalized spacial score (nSPS) is 12.8. The van der Waals surface area contributed by atoms with Crippen LogP contribution in [0, 0.1) is 6.92 Å². The number of imidazole rings is 1. The Morgan fingerprint density at radius 2 is 1.84 bits per heavy atom. The average molecular weight is 456 g/mol. The summed E-state index contributed by atoms with van der Waals surface area (Å²) in [6.07, 6.45) is 0. The van der Waals surface area contributed by atoms with Gasteiger partial charge in [-0.1, -0.05) is 35.3 Å². The Morgan fingerprint density at radius 3 is 2.61 bits per heavy atom. The minimum atomic E-state index is 0.406. The van der Waals surface area contributed by atoms with Crippen molar-refractivity contribution in [1.29, 1.82) is 0 Å². The highest BCUT2D eigenvalue weighted by atomic mass is 35.5. The van der Waals surface area contributed by atoms with Gasteiger partial charge in [0.2, 0.25) is 0 Å². The maximum absolute atomic E-state index is 6.69. The van der Waals surface area contributed by atoms with Gasteiger partial charge in [0, 0.05) is 17.3 Å². The van der Waals surface area contributed by atoms with Gasteiger partial charge < -0.3 is 19.5 Å². The average Bonchev–Trinajstić information content (AvgIpc) is 3.12. The molecule has 8 heteroatoms. The van der Waals surface area contributed by atoms with E-state index in [1.54, 1.807) is 13.2 Å². The molecule has 1 aliphatic rings. The molecule has 0 amide bonds. The first-order chi connectivity index (χ1) is 15.1. The Hall–Kier alpha value is -3.09. The van der Waals surface area contributed by atoms with Crippen molar-refractivity contribution in [2.24, 2.45) is 0 Å². The molecule has 158 valence electrons. The molecule has 0 saturated heterocycles. The van der Waals surface area contributed by atoms with Crippen LogP contribution in [0.5, 0.6) is 17.2 Å². The summed E-state index contributed by atoms with van der Waals surface area (Å²) >= 11 is 13.3. The van der Waals surface area contributed by atoms with Gasteiger partial charge in [0.15, 0.2) is 22.4 Å². The highest BCUT2D eigenvalue weighted by Gasteiger charge is 2.22. The molecule has 1 aliphatic heterocycles. The summed E-state index contributed by atoms with van der Waals surface area (Å²) in [6, 6.07) is 15.1. The van der Waals surface area contributed by atoms with Crippen molar-refractivity contribution in [2.45, 2.75) is 6.92 Å². The smallest absolute Gasteiger partial charge is 0.163 e. The first kappa shape index (κ1) is 19.8. The second-order valence-electron chi connectivity index (χ2n) is 7.11. The van der Waals surface area contributed by atoms with E-state index in [9.17, 15) is 0 Å². The summed E-state index contributed by atoms with van der Waals surface area (Å²) in [4.78, 5) is 4.84. The number of fused-ring (bicyclic) bond motifs is 2. The first-order valence-corrected chi connectivity index (χ1v) is 10.5. The zero-order valence-corrected chi connectivity index (χ0v) is 18.4. The summed E-state index contributed by atoms with van der Waals surface area (Å²) in [7, 11) is 1.58. The van der Waals surface area contributed by atoms with Crippen LogP contribution in [0.3, 0.4) is 0 Å². The van der Waals surface area contributed by atoms with Crippen molar-refractivity contribution < 1.29 is 14.2 Å². The standard InChI is InChI=1S/C23H19Cl2N3O3/c1-13-4-3-5-15(24)20(13)21-23(28-19(27-21)9-8-17(29-2)22(28)25)26-14-6-7-16-18(12-14)31-11-10-30-16/h3-9,12,26H,10-11H2,1-2H3. The van der Waals surface area contributed by atoms with Gasteiger partial charge in [-0.05, 0) is 42.8 Å². The number of nitrogens with one attached hydrogen (secondary N) is 1. The van der Waals surface area contributed by atoms with E-state index in [1.165, 1.54) is 0 Å². The highest BCUT2D eigenvalue weighted by molar-refractivity contribution is 6.34. The molecular weight excluding hydrogens is 437 g/mol. The van der Waals surface area contributed by atoms with Crippen molar-refractivity contribution in [3.05, 3.63) is 64.3 Å². The van der Waals surface area contributed by atoms with E-state index in [2.05, 4.69) is 5.32 Å². The molecule has 3 heterocycles. The lowest BCUT2D eigenvalue weighted by Crippen LogP contribution is -2.15. The van der Waals surface area contributed by atoms with Crippen LogP contribution in [-0.4, -0.2) is 29.7 Å². The molecule has 0 fully saturated rings. The summed E-state index contributed by atoms with van der Waals surface area (Å²) in [6.45, 7) is 3.05. The van der Waals surface area contributed by atoms with Crippen LogP contribution in [-0.2, 0) is 0 Å². The molecule has 0 aliphatic carbocycles. The number of methoxy groups -OCH3 is 1. The number of anilines is 2. The molecule has 31 heavy (non-hydrogen) atoms. The zero-order valence-electron chi connectivity index (χ0n) is 16.9. The van der Waals surface area contributed by atoms with Crippen molar-refractivity contribution in [3.63, 3.8) is 0 Å². The van der Waals surface area contributed by atoms with Gasteiger partial charge in [0.25, 0.3) is 0 Å². The quantitative estimate of drug-likeness (QED) is 0.374. The molecule has 4 aromatic rings. The number of hydrogen-bond acceptors (Lipinski definition) is 5. The molecule has 0 radical (unpaired) electrons. The molecular formula is C23H19Cl2N3O3. The number of rotatable bonds is 4. The van der Waals surface area contributed by atoms with Crippen LogP contribution in [0.1, 0.15) is 5.56 Å². The SMILES string of the molecule is COc1ccc2nc(-c3c(C)cccc3Cl)c(Nc3ccc4c(c3)OCCO4)n2c1Cl. The van der Waals surface area contributed by atoms with E-state index in [0.29, 0.717) is 52.0 Å². The van der Waals surface area contributed by atoms with Crippen molar-refractivity contribution in [3.8, 4) is 28.5 Å². The summed E-state index contributed by atoms with van der Waals surface area (Å²) < 4.78 is 18.6. The van der Waals surface area contributed by atoms with E-state index in [1.807, 2.05) is 53.8 Å². The number of benzene rings is 2. The lowest BCUT2D eigenvalue weighted by atomic mass is 10.1. The Labute approximate surface area is 189 Å². The van der Waals surface area contributed by atoms with Gasteiger partial charge in [0.1, 0.15) is 30.4 Å². The minimum absolute atomic E-state index is 0.406. The van der Waals surface area contributed by atoms with E-state index in [0.717, 1.165) is 22.6 Å². The van der Waals surface area contributed by atoms with Crippen molar-refractivity contribution >= 4 is 40.4 Å². The molecule has 1 N–H and O–H groups in total. The number of hydrogen-bond donors (Lipinski definition) is 1.